The third-order valence-corrected chi connectivity index (χ3v) is 3.14. The van der Waals surface area contributed by atoms with Gasteiger partial charge in [0, 0.05) is 18.0 Å². The number of aromatic hydroxyl groups is 1. The van der Waals surface area contributed by atoms with E-state index in [9.17, 15) is 20.1 Å². The standard InChI is InChI=1S/C13H15NO4/c1-3-10(16)12-11(13(17)18)8-6-7(15)4-5-9(8)14(12)2/h4-6,10,15-16H,3H2,1-2H3,(H,17,18). The van der Waals surface area contributed by atoms with Gasteiger partial charge in [-0.15, -0.1) is 0 Å². The Labute approximate surface area is 104 Å². The zero-order valence-electron chi connectivity index (χ0n) is 10.2. The van der Waals surface area contributed by atoms with E-state index in [1.54, 1.807) is 24.6 Å². The summed E-state index contributed by atoms with van der Waals surface area (Å²) in [5.41, 5.74) is 1.09. The molecule has 1 atom stereocenters. The summed E-state index contributed by atoms with van der Waals surface area (Å²) in [5, 5.41) is 29.2. The van der Waals surface area contributed by atoms with Gasteiger partial charge in [-0.2, -0.15) is 0 Å². The molecule has 0 aliphatic heterocycles. The number of phenolic OH excluding ortho intramolecular Hbond substituents is 1. The van der Waals surface area contributed by atoms with Crippen LogP contribution in [0.5, 0.6) is 5.75 Å². The van der Waals surface area contributed by atoms with Crippen LogP contribution < -0.4 is 0 Å². The lowest BCUT2D eigenvalue weighted by Gasteiger charge is -2.11. The fourth-order valence-corrected chi connectivity index (χ4v) is 2.26. The Kier molecular flexibility index (Phi) is 3.00. The first kappa shape index (κ1) is 12.4. The summed E-state index contributed by atoms with van der Waals surface area (Å²) in [5.74, 6) is -1.10. The zero-order chi connectivity index (χ0) is 13.4. The number of nitrogens with zero attached hydrogens (tertiary/aromatic N) is 1. The SMILES string of the molecule is CCC(O)c1c(C(=O)O)c2cc(O)ccc2n1C. The minimum absolute atomic E-state index is 0.00754. The van der Waals surface area contributed by atoms with E-state index in [0.717, 1.165) is 0 Å². The maximum Gasteiger partial charge on any atom is 0.338 e. The molecule has 0 radical (unpaired) electrons. The summed E-state index contributed by atoms with van der Waals surface area (Å²) in [4.78, 5) is 11.4. The largest absolute Gasteiger partial charge is 0.508 e. The smallest absolute Gasteiger partial charge is 0.338 e. The van der Waals surface area contributed by atoms with E-state index in [0.29, 0.717) is 23.0 Å². The van der Waals surface area contributed by atoms with Crippen molar-refractivity contribution in [2.45, 2.75) is 19.4 Å². The molecule has 2 rings (SSSR count). The molecule has 0 saturated carbocycles. The number of aromatic carboxylic acids is 1. The number of rotatable bonds is 3. The van der Waals surface area contributed by atoms with Crippen molar-refractivity contribution < 1.29 is 20.1 Å². The van der Waals surface area contributed by atoms with Crippen molar-refractivity contribution in [3.8, 4) is 5.75 Å². The number of carboxylic acid groups (broad SMARTS) is 1. The molecule has 3 N–H and O–H groups in total. The van der Waals surface area contributed by atoms with E-state index in [1.807, 2.05) is 0 Å². The number of carboxylic acids is 1. The minimum atomic E-state index is -1.10. The molecule has 5 nitrogen and oxygen atoms in total. The van der Waals surface area contributed by atoms with Gasteiger partial charge in [0.1, 0.15) is 5.75 Å². The van der Waals surface area contributed by atoms with Gasteiger partial charge in [0.25, 0.3) is 0 Å². The molecule has 1 unspecified atom stereocenters. The van der Waals surface area contributed by atoms with Crippen molar-refractivity contribution in [1.82, 2.24) is 4.57 Å². The number of aliphatic hydroxyl groups excluding tert-OH is 1. The van der Waals surface area contributed by atoms with Crippen molar-refractivity contribution >= 4 is 16.9 Å². The van der Waals surface area contributed by atoms with Crippen LogP contribution in [0.1, 0.15) is 35.5 Å². The Morgan fingerprint density at radius 3 is 2.67 bits per heavy atom. The second-order valence-corrected chi connectivity index (χ2v) is 4.25. The molecular formula is C13H15NO4. The molecule has 0 aliphatic carbocycles. The maximum atomic E-state index is 11.4. The van der Waals surface area contributed by atoms with Gasteiger partial charge in [0.15, 0.2) is 0 Å². The van der Waals surface area contributed by atoms with Gasteiger partial charge in [-0.3, -0.25) is 0 Å². The van der Waals surface area contributed by atoms with Gasteiger partial charge in [0.2, 0.25) is 0 Å². The van der Waals surface area contributed by atoms with Crippen LogP contribution in [-0.2, 0) is 7.05 Å². The highest BCUT2D eigenvalue weighted by Gasteiger charge is 2.24. The Balaban J connectivity index is 2.88. The molecule has 1 aromatic carbocycles. The normalized spacial score (nSPS) is 12.8. The summed E-state index contributed by atoms with van der Waals surface area (Å²) in [6, 6.07) is 4.55. The molecule has 0 saturated heterocycles. The summed E-state index contributed by atoms with van der Waals surface area (Å²) < 4.78 is 1.66. The lowest BCUT2D eigenvalue weighted by atomic mass is 10.1. The van der Waals surface area contributed by atoms with E-state index in [2.05, 4.69) is 0 Å². The number of phenols is 1. The fourth-order valence-electron chi connectivity index (χ4n) is 2.26. The number of carbonyl (C=O) groups is 1. The molecule has 0 bridgehead atoms. The first-order valence-corrected chi connectivity index (χ1v) is 5.70. The Bertz CT molecular complexity index is 615. The van der Waals surface area contributed by atoms with Crippen molar-refractivity contribution in [3.05, 3.63) is 29.5 Å². The molecule has 0 aliphatic rings. The molecule has 5 heteroatoms. The molecule has 0 spiro atoms. The highest BCUT2D eigenvalue weighted by Crippen LogP contribution is 2.32. The predicted octanol–water partition coefficient (Wildman–Crippen LogP) is 2.03. The molecule has 0 fully saturated rings. The Hall–Kier alpha value is -2.01. The van der Waals surface area contributed by atoms with Gasteiger partial charge >= 0.3 is 5.97 Å². The van der Waals surface area contributed by atoms with E-state index < -0.39 is 12.1 Å². The van der Waals surface area contributed by atoms with Crippen LogP contribution >= 0.6 is 0 Å². The van der Waals surface area contributed by atoms with Crippen LogP contribution in [0, 0.1) is 0 Å². The van der Waals surface area contributed by atoms with E-state index in [4.69, 9.17) is 0 Å². The van der Waals surface area contributed by atoms with Gasteiger partial charge < -0.3 is 19.9 Å². The molecule has 2 aromatic rings. The molecule has 96 valence electrons. The first-order chi connectivity index (χ1) is 8.47. The summed E-state index contributed by atoms with van der Waals surface area (Å²) in [6.45, 7) is 1.78. The average molecular weight is 249 g/mol. The number of aryl methyl sites for hydroxylation is 1. The van der Waals surface area contributed by atoms with Gasteiger partial charge in [-0.25, -0.2) is 4.79 Å². The summed E-state index contributed by atoms with van der Waals surface area (Å²) in [6.07, 6.45) is -0.410. The average Bonchev–Trinajstić information content (AvgIpc) is 2.61. The van der Waals surface area contributed by atoms with Crippen LogP contribution in [0.2, 0.25) is 0 Å². The molecule has 1 heterocycles. The van der Waals surface area contributed by atoms with E-state index in [1.165, 1.54) is 12.1 Å². The van der Waals surface area contributed by atoms with Crippen LogP contribution in [0.3, 0.4) is 0 Å². The molecule has 1 aromatic heterocycles. The monoisotopic (exact) mass is 249 g/mol. The number of hydrogen-bond acceptors (Lipinski definition) is 3. The minimum Gasteiger partial charge on any atom is -0.508 e. The topological polar surface area (TPSA) is 82.7 Å². The van der Waals surface area contributed by atoms with Crippen LogP contribution in [-0.4, -0.2) is 25.9 Å². The summed E-state index contributed by atoms with van der Waals surface area (Å²) >= 11 is 0. The van der Waals surface area contributed by atoms with Gasteiger partial charge in [-0.1, -0.05) is 6.92 Å². The van der Waals surface area contributed by atoms with E-state index in [-0.39, 0.29) is 11.3 Å². The Morgan fingerprint density at radius 1 is 1.44 bits per heavy atom. The number of benzene rings is 1. The van der Waals surface area contributed by atoms with Gasteiger partial charge in [-0.05, 0) is 24.6 Å². The Morgan fingerprint density at radius 2 is 2.11 bits per heavy atom. The molecule has 0 amide bonds. The van der Waals surface area contributed by atoms with Crippen molar-refractivity contribution in [1.29, 1.82) is 0 Å². The van der Waals surface area contributed by atoms with Gasteiger partial charge in [0.05, 0.1) is 17.4 Å². The third-order valence-electron chi connectivity index (χ3n) is 3.14. The highest BCUT2D eigenvalue weighted by atomic mass is 16.4. The van der Waals surface area contributed by atoms with Crippen LogP contribution in [0.4, 0.5) is 0 Å². The number of aliphatic hydroxyl groups is 1. The van der Waals surface area contributed by atoms with Crippen LogP contribution in [0.15, 0.2) is 18.2 Å². The van der Waals surface area contributed by atoms with Crippen molar-refractivity contribution in [2.24, 2.45) is 7.05 Å². The van der Waals surface area contributed by atoms with Crippen LogP contribution in [0.25, 0.3) is 10.9 Å². The number of aromatic nitrogens is 1. The third kappa shape index (κ3) is 1.73. The zero-order valence-corrected chi connectivity index (χ0v) is 10.2. The van der Waals surface area contributed by atoms with Crippen molar-refractivity contribution in [2.75, 3.05) is 0 Å². The second-order valence-electron chi connectivity index (χ2n) is 4.25. The van der Waals surface area contributed by atoms with Crippen molar-refractivity contribution in [3.63, 3.8) is 0 Å². The second kappa shape index (κ2) is 4.34. The fraction of sp³-hybridized carbons (Fsp3) is 0.308. The summed E-state index contributed by atoms with van der Waals surface area (Å²) in [7, 11) is 1.71. The maximum absolute atomic E-state index is 11.4. The molecule has 18 heavy (non-hydrogen) atoms. The lowest BCUT2D eigenvalue weighted by Crippen LogP contribution is -2.09. The number of fused-ring (bicyclic) bond motifs is 1. The quantitative estimate of drug-likeness (QED) is 0.777. The lowest BCUT2D eigenvalue weighted by molar-refractivity contribution is 0.0689. The van der Waals surface area contributed by atoms with E-state index >= 15 is 0 Å². The first-order valence-electron chi connectivity index (χ1n) is 5.70. The number of hydrogen-bond donors (Lipinski definition) is 3. The highest BCUT2D eigenvalue weighted by molar-refractivity contribution is 6.05. The molecular weight excluding hydrogens is 234 g/mol. The predicted molar refractivity (Wildman–Crippen MR) is 66.8 cm³/mol.